The third-order valence-electron chi connectivity index (χ3n) is 5.98. The zero-order chi connectivity index (χ0) is 23.8. The number of ether oxygens (including phenoxy) is 1. The van der Waals surface area contributed by atoms with Crippen LogP contribution in [0, 0.1) is 5.41 Å². The molecule has 2 aromatic heterocycles. The Morgan fingerprint density at radius 3 is 2.64 bits per heavy atom. The van der Waals surface area contributed by atoms with E-state index in [2.05, 4.69) is 25.6 Å². The fourth-order valence-corrected chi connectivity index (χ4v) is 4.53. The highest BCUT2D eigenvalue weighted by molar-refractivity contribution is 6.32. The molecule has 33 heavy (non-hydrogen) atoms. The number of aromatic nitrogens is 3. The van der Waals surface area contributed by atoms with Crippen molar-refractivity contribution in [2.24, 2.45) is 5.41 Å². The molecule has 0 spiro atoms. The lowest BCUT2D eigenvalue weighted by molar-refractivity contribution is -0.128. The molecule has 2 N–H and O–H groups in total. The molecule has 4 rings (SSSR count). The molecule has 1 saturated heterocycles. The summed E-state index contributed by atoms with van der Waals surface area (Å²) in [6, 6.07) is 1.37. The summed E-state index contributed by atoms with van der Waals surface area (Å²) >= 11 is 6.41. The fraction of sp³-hybridized carbons (Fsp3) is 0.522. The van der Waals surface area contributed by atoms with Gasteiger partial charge in [-0.25, -0.2) is 9.97 Å². The fourth-order valence-electron chi connectivity index (χ4n) is 4.33. The second-order valence-corrected chi connectivity index (χ2v) is 9.86. The van der Waals surface area contributed by atoms with E-state index >= 15 is 0 Å². The molecule has 1 atom stereocenters. The van der Waals surface area contributed by atoms with Gasteiger partial charge in [0.25, 0.3) is 5.91 Å². The van der Waals surface area contributed by atoms with Gasteiger partial charge in [-0.15, -0.1) is 0 Å². The molecule has 0 saturated carbocycles. The number of carbonyl (C=O) groups is 2. The smallest absolute Gasteiger partial charge is 0.256 e. The number of rotatable bonds is 5. The van der Waals surface area contributed by atoms with Crippen molar-refractivity contribution in [3.8, 4) is 11.3 Å². The summed E-state index contributed by atoms with van der Waals surface area (Å²) in [7, 11) is 1.58. The van der Waals surface area contributed by atoms with Crippen molar-refractivity contribution in [1.82, 2.24) is 25.2 Å². The van der Waals surface area contributed by atoms with E-state index < -0.39 is 11.5 Å². The Hall–Kier alpha value is -2.78. The van der Waals surface area contributed by atoms with Gasteiger partial charge in [0.05, 0.1) is 34.7 Å². The number of amides is 2. The highest BCUT2D eigenvalue weighted by Crippen LogP contribution is 2.34. The summed E-state index contributed by atoms with van der Waals surface area (Å²) in [6.07, 6.45) is 4.97. The number of anilines is 1. The monoisotopic (exact) mass is 472 g/mol. The number of hydrogen-bond donors (Lipinski definition) is 2. The van der Waals surface area contributed by atoms with E-state index in [0.29, 0.717) is 46.7 Å². The van der Waals surface area contributed by atoms with E-state index in [9.17, 15) is 9.59 Å². The summed E-state index contributed by atoms with van der Waals surface area (Å²) < 4.78 is 5.40. The van der Waals surface area contributed by atoms with Crippen LogP contribution < -0.4 is 10.6 Å². The number of likely N-dealkylation sites (N-methyl/N-ethyl adjacent to an activating group) is 1. The number of hydrogen-bond acceptors (Lipinski definition) is 7. The molecule has 2 aliphatic rings. The number of nitrogens with zero attached hydrogens (tertiary/aromatic N) is 4. The van der Waals surface area contributed by atoms with Crippen LogP contribution in [-0.2, 0) is 16.1 Å². The van der Waals surface area contributed by atoms with Crippen molar-refractivity contribution in [2.45, 2.75) is 52.2 Å². The molecule has 2 aromatic rings. The largest absolute Gasteiger partial charge is 0.381 e. The Morgan fingerprint density at radius 1 is 1.24 bits per heavy atom. The standard InChI is InChI=1S/C23H29ClN6O3/c1-23(2,3)19(20(31)25-4)30-12-17-15(21(30)32)9-13(10-26-17)18-16(24)11-27-22(29-18)28-14-5-7-33-8-6-14/h9-11,14,19H,5-8,12H2,1-4H3,(H,25,31)(H,27,28,29). The average Bonchev–Trinajstić information content (AvgIpc) is 3.10. The number of fused-ring (bicyclic) bond motifs is 1. The summed E-state index contributed by atoms with van der Waals surface area (Å²) in [4.78, 5) is 40.9. The van der Waals surface area contributed by atoms with E-state index in [4.69, 9.17) is 16.3 Å². The minimum atomic E-state index is -0.620. The lowest BCUT2D eigenvalue weighted by Gasteiger charge is -2.36. The molecular weight excluding hydrogens is 444 g/mol. The highest BCUT2D eigenvalue weighted by Gasteiger charge is 2.43. The Kier molecular flexibility index (Phi) is 6.54. The van der Waals surface area contributed by atoms with Gasteiger partial charge in [0.15, 0.2) is 0 Å². The summed E-state index contributed by atoms with van der Waals surface area (Å²) in [5.74, 6) is 0.0438. The zero-order valence-electron chi connectivity index (χ0n) is 19.3. The SMILES string of the molecule is CNC(=O)C(N1Cc2ncc(-c3nc(NC4CCOCC4)ncc3Cl)cc2C1=O)C(C)(C)C. The minimum Gasteiger partial charge on any atom is -0.381 e. The predicted molar refractivity (Wildman–Crippen MR) is 125 cm³/mol. The van der Waals surface area contributed by atoms with Gasteiger partial charge < -0.3 is 20.3 Å². The first-order valence-corrected chi connectivity index (χ1v) is 11.5. The van der Waals surface area contributed by atoms with E-state index in [1.54, 1.807) is 30.4 Å². The van der Waals surface area contributed by atoms with Crippen LogP contribution in [0.5, 0.6) is 0 Å². The Labute approximate surface area is 198 Å². The Morgan fingerprint density at radius 2 is 1.97 bits per heavy atom. The van der Waals surface area contributed by atoms with Gasteiger partial charge >= 0.3 is 0 Å². The van der Waals surface area contributed by atoms with Gasteiger partial charge in [0, 0.05) is 38.1 Å². The van der Waals surface area contributed by atoms with E-state index in [-0.39, 0.29) is 24.4 Å². The van der Waals surface area contributed by atoms with Crippen LogP contribution in [-0.4, -0.2) is 64.0 Å². The van der Waals surface area contributed by atoms with Gasteiger partial charge in [-0.05, 0) is 24.3 Å². The zero-order valence-corrected chi connectivity index (χ0v) is 20.1. The van der Waals surface area contributed by atoms with Gasteiger partial charge in [-0.2, -0.15) is 0 Å². The molecule has 0 aromatic carbocycles. The number of halogens is 1. The maximum absolute atomic E-state index is 13.3. The van der Waals surface area contributed by atoms with Gasteiger partial charge in [-0.3, -0.25) is 14.6 Å². The molecule has 2 aliphatic heterocycles. The maximum Gasteiger partial charge on any atom is 0.256 e. The van der Waals surface area contributed by atoms with Crippen molar-refractivity contribution < 1.29 is 14.3 Å². The Balaban J connectivity index is 1.62. The van der Waals surface area contributed by atoms with Crippen molar-refractivity contribution in [3.63, 3.8) is 0 Å². The second kappa shape index (κ2) is 9.23. The van der Waals surface area contributed by atoms with Crippen LogP contribution in [0.25, 0.3) is 11.3 Å². The van der Waals surface area contributed by atoms with Crippen LogP contribution in [0.3, 0.4) is 0 Å². The van der Waals surface area contributed by atoms with Crippen LogP contribution in [0.2, 0.25) is 5.02 Å². The molecule has 0 bridgehead atoms. The summed E-state index contributed by atoms with van der Waals surface area (Å²) in [5.41, 5.74) is 1.77. The first kappa shape index (κ1) is 23.4. The van der Waals surface area contributed by atoms with E-state index in [0.717, 1.165) is 12.8 Å². The van der Waals surface area contributed by atoms with E-state index in [1.165, 1.54) is 0 Å². The molecule has 0 aliphatic carbocycles. The normalized spacial score (nSPS) is 17.6. The molecule has 1 unspecified atom stereocenters. The molecule has 176 valence electrons. The van der Waals surface area contributed by atoms with Gasteiger partial charge in [0.2, 0.25) is 11.9 Å². The molecule has 2 amide bonds. The minimum absolute atomic E-state index is 0.202. The van der Waals surface area contributed by atoms with Crippen LogP contribution in [0.4, 0.5) is 5.95 Å². The van der Waals surface area contributed by atoms with Crippen molar-refractivity contribution >= 4 is 29.4 Å². The van der Waals surface area contributed by atoms with Crippen LogP contribution in [0.1, 0.15) is 49.7 Å². The van der Waals surface area contributed by atoms with Crippen LogP contribution >= 0.6 is 11.6 Å². The third kappa shape index (κ3) is 4.79. The predicted octanol–water partition coefficient (Wildman–Crippen LogP) is 2.90. The van der Waals surface area contributed by atoms with E-state index in [1.807, 2.05) is 20.8 Å². The first-order chi connectivity index (χ1) is 15.7. The molecular formula is C23H29ClN6O3. The number of pyridine rings is 1. The topological polar surface area (TPSA) is 109 Å². The second-order valence-electron chi connectivity index (χ2n) is 9.46. The van der Waals surface area contributed by atoms with Crippen molar-refractivity contribution in [2.75, 3.05) is 25.6 Å². The molecule has 0 radical (unpaired) electrons. The van der Waals surface area contributed by atoms with Crippen LogP contribution in [0.15, 0.2) is 18.5 Å². The van der Waals surface area contributed by atoms with Gasteiger partial charge in [0.1, 0.15) is 6.04 Å². The summed E-state index contributed by atoms with van der Waals surface area (Å²) in [5, 5.41) is 6.38. The number of nitrogens with one attached hydrogen (secondary N) is 2. The number of carbonyl (C=O) groups excluding carboxylic acids is 2. The molecule has 9 nitrogen and oxygen atoms in total. The molecule has 10 heteroatoms. The maximum atomic E-state index is 13.3. The average molecular weight is 473 g/mol. The molecule has 4 heterocycles. The lowest BCUT2D eigenvalue weighted by atomic mass is 9.85. The van der Waals surface area contributed by atoms with Crippen molar-refractivity contribution in [1.29, 1.82) is 0 Å². The third-order valence-corrected chi connectivity index (χ3v) is 6.26. The molecule has 1 fully saturated rings. The lowest BCUT2D eigenvalue weighted by Crippen LogP contribution is -2.53. The quantitative estimate of drug-likeness (QED) is 0.688. The Bertz CT molecular complexity index is 1060. The first-order valence-electron chi connectivity index (χ1n) is 11.1. The summed E-state index contributed by atoms with van der Waals surface area (Å²) in [6.45, 7) is 7.51. The van der Waals surface area contributed by atoms with Gasteiger partial charge in [-0.1, -0.05) is 32.4 Å². The highest BCUT2D eigenvalue weighted by atomic mass is 35.5. The van der Waals surface area contributed by atoms with Crippen molar-refractivity contribution in [3.05, 3.63) is 34.7 Å².